The maximum absolute atomic E-state index is 12.3. The normalized spacial score (nSPS) is 30.8. The van der Waals surface area contributed by atoms with Crippen molar-refractivity contribution in [1.82, 2.24) is 4.90 Å². The Balaban J connectivity index is 1.79. The van der Waals surface area contributed by atoms with Crippen LogP contribution in [0.15, 0.2) is 30.3 Å². The largest absolute Gasteiger partial charge is 0.469 e. The van der Waals surface area contributed by atoms with Crippen LogP contribution in [-0.4, -0.2) is 49.2 Å². The van der Waals surface area contributed by atoms with Crippen LogP contribution in [0.2, 0.25) is 0 Å². The summed E-state index contributed by atoms with van der Waals surface area (Å²) in [6, 6.07) is 9.36. The molecule has 1 aromatic carbocycles. The van der Waals surface area contributed by atoms with Crippen LogP contribution in [0.1, 0.15) is 29.6 Å². The van der Waals surface area contributed by atoms with E-state index < -0.39 is 12.0 Å². The summed E-state index contributed by atoms with van der Waals surface area (Å²) in [6.45, 7) is 0. The first-order valence-electron chi connectivity index (χ1n) is 7.67. The van der Waals surface area contributed by atoms with E-state index in [1.54, 1.807) is 24.3 Å². The predicted octanol–water partition coefficient (Wildman–Crippen LogP) is 1.87. The molecule has 2 aliphatic rings. The van der Waals surface area contributed by atoms with E-state index in [1.165, 1.54) is 7.11 Å². The predicted molar refractivity (Wildman–Crippen MR) is 80.3 cm³/mol. The molecule has 1 aromatic rings. The Hall–Kier alpha value is -1.88. The van der Waals surface area contributed by atoms with Crippen LogP contribution in [0.3, 0.4) is 0 Å². The van der Waals surface area contributed by atoms with Gasteiger partial charge in [0.15, 0.2) is 0 Å². The first-order chi connectivity index (χ1) is 10.6. The molecule has 22 heavy (non-hydrogen) atoms. The highest BCUT2D eigenvalue weighted by atomic mass is 16.6. The van der Waals surface area contributed by atoms with Gasteiger partial charge in [0.05, 0.1) is 12.7 Å². The number of fused-ring (bicyclic) bond motifs is 2. The van der Waals surface area contributed by atoms with Crippen LogP contribution in [0.4, 0.5) is 0 Å². The zero-order valence-electron chi connectivity index (χ0n) is 12.9. The second-order valence-electron chi connectivity index (χ2n) is 6.06. The molecule has 0 radical (unpaired) electrons. The number of hydrogen-bond donors (Lipinski definition) is 0. The highest BCUT2D eigenvalue weighted by Gasteiger charge is 2.50. The smallest absolute Gasteiger partial charge is 0.338 e. The third kappa shape index (κ3) is 2.61. The van der Waals surface area contributed by atoms with Crippen LogP contribution >= 0.6 is 0 Å². The maximum Gasteiger partial charge on any atom is 0.338 e. The van der Waals surface area contributed by atoms with Gasteiger partial charge >= 0.3 is 11.9 Å². The second-order valence-corrected chi connectivity index (χ2v) is 6.06. The molecule has 2 heterocycles. The summed E-state index contributed by atoms with van der Waals surface area (Å²) in [7, 11) is 3.42. The van der Waals surface area contributed by atoms with E-state index in [0.29, 0.717) is 18.0 Å². The fourth-order valence-electron chi connectivity index (χ4n) is 3.77. The summed E-state index contributed by atoms with van der Waals surface area (Å²) in [4.78, 5) is 26.7. The Morgan fingerprint density at radius 2 is 1.91 bits per heavy atom. The van der Waals surface area contributed by atoms with E-state index in [0.717, 1.165) is 12.8 Å². The summed E-state index contributed by atoms with van der Waals surface area (Å²) < 4.78 is 10.6. The molecule has 2 saturated heterocycles. The molecule has 0 spiro atoms. The van der Waals surface area contributed by atoms with Crippen molar-refractivity contribution in [3.63, 3.8) is 0 Å². The lowest BCUT2D eigenvalue weighted by molar-refractivity contribution is -0.156. The van der Waals surface area contributed by atoms with E-state index in [4.69, 9.17) is 9.47 Å². The van der Waals surface area contributed by atoms with E-state index in [2.05, 4.69) is 4.90 Å². The fraction of sp³-hybridized carbons (Fsp3) is 0.529. The summed E-state index contributed by atoms with van der Waals surface area (Å²) in [6.07, 6.45) is 2.26. The van der Waals surface area contributed by atoms with Crippen LogP contribution < -0.4 is 0 Å². The number of hydrogen-bond acceptors (Lipinski definition) is 5. The van der Waals surface area contributed by atoms with Crippen LogP contribution in [-0.2, 0) is 14.3 Å². The van der Waals surface area contributed by atoms with Crippen LogP contribution in [0.25, 0.3) is 0 Å². The lowest BCUT2D eigenvalue weighted by atomic mass is 9.87. The first-order valence-corrected chi connectivity index (χ1v) is 7.67. The van der Waals surface area contributed by atoms with Crippen molar-refractivity contribution in [2.24, 2.45) is 5.92 Å². The quantitative estimate of drug-likeness (QED) is 0.798. The van der Waals surface area contributed by atoms with Crippen molar-refractivity contribution < 1.29 is 19.1 Å². The average Bonchev–Trinajstić information content (AvgIpc) is 2.78. The molecule has 0 aromatic heterocycles. The number of carbonyl (C=O) groups is 2. The number of esters is 2. The number of ether oxygens (including phenoxy) is 2. The molecule has 118 valence electrons. The Morgan fingerprint density at radius 1 is 1.18 bits per heavy atom. The second kappa shape index (κ2) is 6.08. The fourth-order valence-corrected chi connectivity index (χ4v) is 3.77. The third-order valence-electron chi connectivity index (χ3n) is 4.96. The summed E-state index contributed by atoms with van der Waals surface area (Å²) in [5, 5.41) is 0. The first kappa shape index (κ1) is 15.0. The molecular formula is C17H21NO4. The number of benzene rings is 1. The molecule has 2 unspecified atom stereocenters. The lowest BCUT2D eigenvalue weighted by Gasteiger charge is -2.40. The molecule has 0 amide bonds. The van der Waals surface area contributed by atoms with Gasteiger partial charge < -0.3 is 9.47 Å². The van der Waals surface area contributed by atoms with Gasteiger partial charge in [0.2, 0.25) is 0 Å². The molecule has 2 fully saturated rings. The van der Waals surface area contributed by atoms with Crippen molar-refractivity contribution >= 4 is 11.9 Å². The van der Waals surface area contributed by atoms with Gasteiger partial charge in [-0.25, -0.2) is 4.79 Å². The molecular weight excluding hydrogens is 282 g/mol. The Bertz CT molecular complexity index is 559. The monoisotopic (exact) mass is 303 g/mol. The topological polar surface area (TPSA) is 55.8 Å². The molecule has 0 N–H and O–H groups in total. The third-order valence-corrected chi connectivity index (χ3v) is 4.96. The van der Waals surface area contributed by atoms with Crippen molar-refractivity contribution in [3.05, 3.63) is 35.9 Å². The molecule has 0 saturated carbocycles. The maximum atomic E-state index is 12.3. The highest BCUT2D eigenvalue weighted by Crippen LogP contribution is 2.40. The SMILES string of the molecule is COC(=O)C1C2CC[C@H](C[C@H]1OC(=O)c1ccccc1)N2C. The molecule has 5 nitrogen and oxygen atoms in total. The lowest BCUT2D eigenvalue weighted by Crippen LogP contribution is -2.53. The van der Waals surface area contributed by atoms with Gasteiger partial charge in [-0.05, 0) is 32.0 Å². The van der Waals surface area contributed by atoms with Crippen molar-refractivity contribution in [3.8, 4) is 0 Å². The number of carbonyl (C=O) groups excluding carboxylic acids is 2. The van der Waals surface area contributed by atoms with Crippen LogP contribution in [0.5, 0.6) is 0 Å². The van der Waals surface area contributed by atoms with Crippen molar-refractivity contribution in [2.75, 3.05) is 14.2 Å². The Morgan fingerprint density at radius 3 is 2.59 bits per heavy atom. The Kier molecular flexibility index (Phi) is 4.16. The summed E-state index contributed by atoms with van der Waals surface area (Å²) in [5.74, 6) is -1.06. The number of piperidine rings is 1. The molecule has 0 aliphatic carbocycles. The van der Waals surface area contributed by atoms with E-state index in [1.807, 2.05) is 13.1 Å². The van der Waals surface area contributed by atoms with Crippen molar-refractivity contribution in [2.45, 2.75) is 37.5 Å². The van der Waals surface area contributed by atoms with Crippen molar-refractivity contribution in [1.29, 1.82) is 0 Å². The van der Waals surface area contributed by atoms with E-state index in [9.17, 15) is 9.59 Å². The molecule has 2 aliphatic heterocycles. The van der Waals surface area contributed by atoms with Gasteiger partial charge in [-0.2, -0.15) is 0 Å². The van der Waals surface area contributed by atoms with Gasteiger partial charge in [-0.3, -0.25) is 9.69 Å². The zero-order valence-corrected chi connectivity index (χ0v) is 12.9. The highest BCUT2D eigenvalue weighted by molar-refractivity contribution is 5.89. The summed E-state index contributed by atoms with van der Waals surface area (Å²) in [5.41, 5.74) is 0.511. The Labute approximate surface area is 130 Å². The van der Waals surface area contributed by atoms with E-state index >= 15 is 0 Å². The summed E-state index contributed by atoms with van der Waals surface area (Å²) >= 11 is 0. The standard InChI is InChI=1S/C17H21NO4/c1-18-12-8-9-13(18)15(17(20)21-2)14(10-12)22-16(19)11-6-4-3-5-7-11/h3-7,12-15H,8-10H2,1-2H3/t12-,13?,14-,15?/m1/s1. The minimum Gasteiger partial charge on any atom is -0.469 e. The van der Waals surface area contributed by atoms with Crippen LogP contribution in [0, 0.1) is 5.92 Å². The molecule has 2 bridgehead atoms. The molecule has 3 rings (SSSR count). The molecule has 4 atom stereocenters. The number of methoxy groups -OCH3 is 1. The van der Waals surface area contributed by atoms with Gasteiger partial charge in [0.25, 0.3) is 0 Å². The van der Waals surface area contributed by atoms with E-state index in [-0.39, 0.29) is 18.0 Å². The minimum absolute atomic E-state index is 0.0970. The molecule has 5 heteroatoms. The van der Waals surface area contributed by atoms with Gasteiger partial charge in [0, 0.05) is 18.5 Å². The van der Waals surface area contributed by atoms with Gasteiger partial charge in [-0.15, -0.1) is 0 Å². The average molecular weight is 303 g/mol. The minimum atomic E-state index is -0.408. The zero-order chi connectivity index (χ0) is 15.7. The van der Waals surface area contributed by atoms with Gasteiger partial charge in [0.1, 0.15) is 12.0 Å². The van der Waals surface area contributed by atoms with Gasteiger partial charge in [-0.1, -0.05) is 18.2 Å². The number of rotatable bonds is 3. The number of nitrogens with zero attached hydrogens (tertiary/aromatic N) is 1.